The van der Waals surface area contributed by atoms with Crippen LogP contribution in [0.3, 0.4) is 0 Å². The molecule has 1 amide bonds. The topological polar surface area (TPSA) is 72.7 Å². The lowest BCUT2D eigenvalue weighted by atomic mass is 10.1. The summed E-state index contributed by atoms with van der Waals surface area (Å²) in [4.78, 5) is 24.4. The number of aryl methyl sites for hydroxylation is 1. The minimum atomic E-state index is -0.333. The van der Waals surface area contributed by atoms with Gasteiger partial charge in [0.15, 0.2) is 0 Å². The Bertz CT molecular complexity index is 1350. The second-order valence-corrected chi connectivity index (χ2v) is 7.69. The Balaban J connectivity index is 1.49. The van der Waals surface area contributed by atoms with Crippen molar-refractivity contribution in [2.75, 3.05) is 6.61 Å². The van der Waals surface area contributed by atoms with Gasteiger partial charge in [-0.3, -0.25) is 4.79 Å². The van der Waals surface area contributed by atoms with Crippen LogP contribution in [0, 0.1) is 13.8 Å². The van der Waals surface area contributed by atoms with Gasteiger partial charge in [0.2, 0.25) is 0 Å². The highest BCUT2D eigenvalue weighted by Gasteiger charge is 2.12. The zero-order valence-corrected chi connectivity index (χ0v) is 18.8. The van der Waals surface area contributed by atoms with Crippen molar-refractivity contribution in [2.45, 2.75) is 20.8 Å². The molecule has 1 heterocycles. The first-order valence-corrected chi connectivity index (χ1v) is 10.8. The fourth-order valence-corrected chi connectivity index (χ4v) is 3.83. The molecule has 0 aliphatic carbocycles. The molecule has 6 heteroatoms. The highest BCUT2D eigenvalue weighted by molar-refractivity contribution is 5.99. The van der Waals surface area contributed by atoms with Gasteiger partial charge in [0.25, 0.3) is 5.91 Å². The van der Waals surface area contributed by atoms with Crippen LogP contribution in [0.4, 0.5) is 0 Å². The van der Waals surface area contributed by atoms with Gasteiger partial charge in [-0.1, -0.05) is 30.3 Å². The Morgan fingerprint density at radius 2 is 1.64 bits per heavy atom. The summed E-state index contributed by atoms with van der Waals surface area (Å²) in [6.45, 7) is 6.11. The van der Waals surface area contributed by atoms with Gasteiger partial charge in [-0.05, 0) is 74.0 Å². The van der Waals surface area contributed by atoms with Gasteiger partial charge in [0.1, 0.15) is 0 Å². The maximum atomic E-state index is 12.5. The lowest BCUT2D eigenvalue weighted by Crippen LogP contribution is -2.17. The molecular weight excluding hydrogens is 414 g/mol. The number of esters is 1. The summed E-state index contributed by atoms with van der Waals surface area (Å²) in [5, 5.41) is 6.26. The lowest BCUT2D eigenvalue weighted by Gasteiger charge is -2.10. The Hall–Kier alpha value is -4.19. The molecule has 3 aromatic carbocycles. The van der Waals surface area contributed by atoms with Gasteiger partial charge < -0.3 is 9.30 Å². The van der Waals surface area contributed by atoms with Gasteiger partial charge >= 0.3 is 5.97 Å². The molecule has 0 bridgehead atoms. The molecule has 0 fully saturated rings. The average Bonchev–Trinajstić information content (AvgIpc) is 3.11. The number of benzene rings is 3. The minimum absolute atomic E-state index is 0.264. The molecule has 4 rings (SSSR count). The van der Waals surface area contributed by atoms with E-state index in [1.807, 2.05) is 68.4 Å². The van der Waals surface area contributed by atoms with Gasteiger partial charge in [-0.2, -0.15) is 5.10 Å². The van der Waals surface area contributed by atoms with E-state index in [1.165, 1.54) is 0 Å². The SMILES string of the molecule is CCOC(=O)c1ccc(-n2c(C)cc(C=NNC(=O)c3ccc4ccccc4c3)c2C)cc1. The highest BCUT2D eigenvalue weighted by Crippen LogP contribution is 2.21. The maximum absolute atomic E-state index is 12.5. The Labute approximate surface area is 192 Å². The number of nitrogens with one attached hydrogen (secondary N) is 1. The number of aromatic nitrogens is 1. The fourth-order valence-electron chi connectivity index (χ4n) is 3.83. The van der Waals surface area contributed by atoms with Crippen LogP contribution in [0.15, 0.2) is 77.9 Å². The number of nitrogens with zero attached hydrogens (tertiary/aromatic N) is 2. The molecule has 33 heavy (non-hydrogen) atoms. The largest absolute Gasteiger partial charge is 0.462 e. The minimum Gasteiger partial charge on any atom is -0.462 e. The maximum Gasteiger partial charge on any atom is 0.338 e. The zero-order chi connectivity index (χ0) is 23.4. The molecule has 4 aromatic rings. The first kappa shape index (κ1) is 22.0. The van der Waals surface area contributed by atoms with Crippen LogP contribution < -0.4 is 5.43 Å². The van der Waals surface area contributed by atoms with E-state index in [9.17, 15) is 9.59 Å². The van der Waals surface area contributed by atoms with Crippen molar-refractivity contribution in [3.05, 3.63) is 101 Å². The summed E-state index contributed by atoms with van der Waals surface area (Å²) in [7, 11) is 0. The van der Waals surface area contributed by atoms with Crippen LogP contribution in [0.25, 0.3) is 16.5 Å². The van der Waals surface area contributed by atoms with Crippen LogP contribution in [-0.4, -0.2) is 29.3 Å². The Kier molecular flexibility index (Phi) is 6.36. The quantitative estimate of drug-likeness (QED) is 0.255. The zero-order valence-electron chi connectivity index (χ0n) is 18.8. The predicted molar refractivity (Wildman–Crippen MR) is 130 cm³/mol. The van der Waals surface area contributed by atoms with Crippen LogP contribution >= 0.6 is 0 Å². The van der Waals surface area contributed by atoms with Crippen LogP contribution in [0.2, 0.25) is 0 Å². The van der Waals surface area contributed by atoms with Crippen molar-refractivity contribution in [1.82, 2.24) is 9.99 Å². The molecule has 0 saturated carbocycles. The molecular formula is C27H25N3O3. The first-order valence-electron chi connectivity index (χ1n) is 10.8. The number of carbonyl (C=O) groups is 2. The lowest BCUT2D eigenvalue weighted by molar-refractivity contribution is 0.0526. The van der Waals surface area contributed by atoms with E-state index in [4.69, 9.17) is 4.74 Å². The smallest absolute Gasteiger partial charge is 0.338 e. The summed E-state index contributed by atoms with van der Waals surface area (Å²) in [6, 6.07) is 22.7. The van der Waals surface area contributed by atoms with Gasteiger partial charge in [-0.25, -0.2) is 10.2 Å². The standard InChI is InChI=1S/C27H25N3O3/c1-4-33-27(32)21-11-13-25(14-12-21)30-18(2)15-24(19(30)3)17-28-29-26(31)23-10-9-20-7-5-6-8-22(20)16-23/h5-17H,4H2,1-3H3,(H,29,31). The van der Waals surface area contributed by atoms with Crippen LogP contribution in [0.1, 0.15) is 44.6 Å². The second kappa shape index (κ2) is 9.53. The summed E-state index contributed by atoms with van der Waals surface area (Å²) in [5.74, 6) is -0.597. The number of hydrogen-bond donors (Lipinski definition) is 1. The average molecular weight is 440 g/mol. The van der Waals surface area contributed by atoms with Crippen molar-refractivity contribution in [3.8, 4) is 5.69 Å². The molecule has 1 N–H and O–H groups in total. The van der Waals surface area contributed by atoms with E-state index in [1.54, 1.807) is 31.3 Å². The normalized spacial score (nSPS) is 11.1. The van der Waals surface area contributed by atoms with E-state index in [0.717, 1.165) is 33.4 Å². The molecule has 0 spiro atoms. The van der Waals surface area contributed by atoms with E-state index in [-0.39, 0.29) is 11.9 Å². The van der Waals surface area contributed by atoms with Crippen molar-refractivity contribution >= 4 is 28.9 Å². The van der Waals surface area contributed by atoms with Gasteiger partial charge in [0.05, 0.1) is 18.4 Å². The number of amides is 1. The third-order valence-electron chi connectivity index (χ3n) is 5.49. The van der Waals surface area contributed by atoms with E-state index < -0.39 is 0 Å². The summed E-state index contributed by atoms with van der Waals surface area (Å²) in [6.07, 6.45) is 1.64. The highest BCUT2D eigenvalue weighted by atomic mass is 16.5. The number of ether oxygens (including phenoxy) is 1. The summed E-state index contributed by atoms with van der Waals surface area (Å²) in [5.41, 5.74) is 7.48. The first-order chi connectivity index (χ1) is 16.0. The second-order valence-electron chi connectivity index (χ2n) is 7.69. The van der Waals surface area contributed by atoms with Crippen molar-refractivity contribution in [3.63, 3.8) is 0 Å². The number of carbonyl (C=O) groups excluding carboxylic acids is 2. The van der Waals surface area contributed by atoms with Crippen LogP contribution in [0.5, 0.6) is 0 Å². The molecule has 0 atom stereocenters. The molecule has 0 radical (unpaired) electrons. The monoisotopic (exact) mass is 439 g/mol. The molecule has 166 valence electrons. The summed E-state index contributed by atoms with van der Waals surface area (Å²) < 4.78 is 7.11. The van der Waals surface area contributed by atoms with Crippen molar-refractivity contribution in [1.29, 1.82) is 0 Å². The Morgan fingerprint density at radius 3 is 2.36 bits per heavy atom. The number of fused-ring (bicyclic) bond motifs is 1. The van der Waals surface area contributed by atoms with Crippen molar-refractivity contribution < 1.29 is 14.3 Å². The molecule has 0 aliphatic heterocycles. The van der Waals surface area contributed by atoms with Gasteiger partial charge in [0, 0.05) is 28.2 Å². The third-order valence-corrected chi connectivity index (χ3v) is 5.49. The summed E-state index contributed by atoms with van der Waals surface area (Å²) >= 11 is 0. The molecule has 0 aliphatic rings. The number of hydrogen-bond acceptors (Lipinski definition) is 4. The molecule has 0 unspecified atom stereocenters. The molecule has 6 nitrogen and oxygen atoms in total. The predicted octanol–water partition coefficient (Wildman–Crippen LogP) is 5.19. The van der Waals surface area contributed by atoms with E-state index in [2.05, 4.69) is 15.1 Å². The third kappa shape index (κ3) is 4.70. The molecule has 0 saturated heterocycles. The number of rotatable bonds is 6. The fraction of sp³-hybridized carbons (Fsp3) is 0.148. The Morgan fingerprint density at radius 1 is 0.939 bits per heavy atom. The van der Waals surface area contributed by atoms with Gasteiger partial charge in [-0.15, -0.1) is 0 Å². The van der Waals surface area contributed by atoms with Crippen LogP contribution in [-0.2, 0) is 4.74 Å². The molecule has 1 aromatic heterocycles. The van der Waals surface area contributed by atoms with Crippen molar-refractivity contribution in [2.24, 2.45) is 5.10 Å². The van der Waals surface area contributed by atoms with E-state index >= 15 is 0 Å². The number of hydrazone groups is 1. The van der Waals surface area contributed by atoms with E-state index in [0.29, 0.717) is 17.7 Å².